The first kappa shape index (κ1) is 8.84. The van der Waals surface area contributed by atoms with Gasteiger partial charge in [-0.2, -0.15) is 5.10 Å². The molecule has 1 aliphatic rings. The molecule has 11 heavy (non-hydrogen) atoms. The van der Waals surface area contributed by atoms with Crippen LogP contribution in [0.15, 0.2) is 5.10 Å². The Morgan fingerprint density at radius 3 is 2.55 bits per heavy atom. The van der Waals surface area contributed by atoms with Gasteiger partial charge in [0.2, 0.25) is 0 Å². The molecule has 0 radical (unpaired) electrons. The second-order valence-electron chi connectivity index (χ2n) is 2.85. The summed E-state index contributed by atoms with van der Waals surface area (Å²) in [5.41, 5.74) is 0. The van der Waals surface area contributed by atoms with Gasteiger partial charge in [0.15, 0.2) is 5.08 Å². The lowest BCUT2D eigenvalue weighted by Crippen LogP contribution is -2.37. The summed E-state index contributed by atoms with van der Waals surface area (Å²) in [7, 11) is 0. The Balaban J connectivity index is 2.56. The third-order valence-electron chi connectivity index (χ3n) is 1.72. The van der Waals surface area contributed by atoms with Gasteiger partial charge in [0.25, 0.3) is 0 Å². The summed E-state index contributed by atoms with van der Waals surface area (Å²) < 4.78 is 0. The minimum absolute atomic E-state index is 0.243. The van der Waals surface area contributed by atoms with E-state index in [9.17, 15) is 0 Å². The molecule has 0 N–H and O–H groups in total. The van der Waals surface area contributed by atoms with E-state index in [-0.39, 0.29) is 5.08 Å². The van der Waals surface area contributed by atoms with Crippen molar-refractivity contribution in [2.24, 2.45) is 5.10 Å². The van der Waals surface area contributed by atoms with Gasteiger partial charge >= 0.3 is 0 Å². The second kappa shape index (κ2) is 3.43. The quantitative estimate of drug-likeness (QED) is 0.520. The number of hydrogen-bond donors (Lipinski definition) is 0. The molecule has 3 nitrogen and oxygen atoms in total. The van der Waals surface area contributed by atoms with E-state index in [1.807, 2.05) is 11.3 Å². The normalized spacial score (nSPS) is 23.9. The Morgan fingerprint density at radius 1 is 1.64 bits per heavy atom. The first-order chi connectivity index (χ1) is 5.16. The lowest BCUT2D eigenvalue weighted by atomic mass is 10.4. The fourth-order valence-corrected chi connectivity index (χ4v) is 1.97. The van der Waals surface area contributed by atoms with Gasteiger partial charge in [0, 0.05) is 12.6 Å². The fraction of sp³-hybridized carbons (Fsp3) is 0.857. The smallest absolute Gasteiger partial charge is 0.176 e. The molecule has 0 amide bonds. The number of rotatable bonds is 2. The summed E-state index contributed by atoms with van der Waals surface area (Å²) in [5.74, 6) is 0. The van der Waals surface area contributed by atoms with Crippen LogP contribution in [-0.4, -0.2) is 33.9 Å². The molecule has 0 aromatic rings. The zero-order chi connectivity index (χ0) is 8.43. The van der Waals surface area contributed by atoms with Crippen LogP contribution in [0.2, 0.25) is 0 Å². The Hall–Kier alpha value is -0.250. The first-order valence-corrected chi connectivity index (χ1v) is 4.80. The number of hydrogen-bond acceptors (Lipinski definition) is 3. The molecule has 1 aliphatic heterocycles. The summed E-state index contributed by atoms with van der Waals surface area (Å²) in [6.07, 6.45) is 1.87. The van der Waals surface area contributed by atoms with Crippen LogP contribution in [0.4, 0.5) is 0 Å². The summed E-state index contributed by atoms with van der Waals surface area (Å²) in [5, 5.41) is 6.53. The van der Waals surface area contributed by atoms with Gasteiger partial charge in [-0.3, -0.25) is 5.01 Å². The third-order valence-corrected chi connectivity index (χ3v) is 2.67. The van der Waals surface area contributed by atoms with E-state index < -0.39 is 0 Å². The second-order valence-corrected chi connectivity index (χ2v) is 3.66. The minimum atomic E-state index is 0.243. The standard InChI is InChI=1S/C7H14BrN3/c1-4-10-5-9-11(6(2)3)7(10)8/h5-7H,4H2,1-3H3. The summed E-state index contributed by atoms with van der Waals surface area (Å²) in [6.45, 7) is 7.36. The maximum absolute atomic E-state index is 4.26. The van der Waals surface area contributed by atoms with E-state index in [4.69, 9.17) is 0 Å². The van der Waals surface area contributed by atoms with Crippen LogP contribution in [0.5, 0.6) is 0 Å². The first-order valence-electron chi connectivity index (χ1n) is 3.89. The van der Waals surface area contributed by atoms with Crippen molar-refractivity contribution in [3.05, 3.63) is 0 Å². The highest BCUT2D eigenvalue weighted by Crippen LogP contribution is 2.19. The summed E-state index contributed by atoms with van der Waals surface area (Å²) >= 11 is 3.56. The molecule has 1 rings (SSSR count). The molecule has 0 aromatic heterocycles. The lowest BCUT2D eigenvalue weighted by molar-refractivity contribution is 0.175. The number of alkyl halides is 1. The van der Waals surface area contributed by atoms with Gasteiger partial charge in [-0.05, 0) is 36.7 Å². The summed E-state index contributed by atoms with van der Waals surface area (Å²) in [4.78, 5) is 2.14. The topological polar surface area (TPSA) is 18.8 Å². The van der Waals surface area contributed by atoms with Gasteiger partial charge in [-0.15, -0.1) is 0 Å². The van der Waals surface area contributed by atoms with Gasteiger partial charge in [-0.25, -0.2) is 0 Å². The molecular weight excluding hydrogens is 206 g/mol. The average molecular weight is 220 g/mol. The maximum atomic E-state index is 4.26. The summed E-state index contributed by atoms with van der Waals surface area (Å²) in [6, 6.07) is 0.451. The van der Waals surface area contributed by atoms with Crippen molar-refractivity contribution in [2.45, 2.75) is 31.9 Å². The average Bonchev–Trinajstić information content (AvgIpc) is 2.30. The van der Waals surface area contributed by atoms with E-state index in [1.165, 1.54) is 0 Å². The van der Waals surface area contributed by atoms with Gasteiger partial charge < -0.3 is 4.90 Å². The van der Waals surface area contributed by atoms with Crippen molar-refractivity contribution < 1.29 is 0 Å². The zero-order valence-electron chi connectivity index (χ0n) is 7.16. The molecule has 1 unspecified atom stereocenters. The van der Waals surface area contributed by atoms with E-state index >= 15 is 0 Å². The van der Waals surface area contributed by atoms with Crippen LogP contribution < -0.4 is 0 Å². The third kappa shape index (κ3) is 1.67. The van der Waals surface area contributed by atoms with Crippen LogP contribution >= 0.6 is 15.9 Å². The van der Waals surface area contributed by atoms with E-state index in [1.54, 1.807) is 0 Å². The van der Waals surface area contributed by atoms with Crippen LogP contribution in [0.25, 0.3) is 0 Å². The zero-order valence-corrected chi connectivity index (χ0v) is 8.74. The Bertz CT molecular complexity index is 158. The number of hydrazone groups is 1. The van der Waals surface area contributed by atoms with Crippen LogP contribution in [0, 0.1) is 0 Å². The SMILES string of the molecule is CCN1C=NN(C(C)C)C1Br. The lowest BCUT2D eigenvalue weighted by Gasteiger charge is -2.27. The van der Waals surface area contributed by atoms with E-state index in [0.717, 1.165) is 6.54 Å². The van der Waals surface area contributed by atoms with Crippen LogP contribution in [0.3, 0.4) is 0 Å². The molecule has 1 heterocycles. The highest BCUT2D eigenvalue weighted by Gasteiger charge is 2.25. The van der Waals surface area contributed by atoms with Crippen molar-refractivity contribution in [1.82, 2.24) is 9.91 Å². The monoisotopic (exact) mass is 219 g/mol. The minimum Gasteiger partial charge on any atom is -0.331 e. The fourth-order valence-electron chi connectivity index (χ4n) is 1.000. The molecule has 1 atom stereocenters. The van der Waals surface area contributed by atoms with E-state index in [2.05, 4.69) is 46.7 Å². The van der Waals surface area contributed by atoms with Crippen molar-refractivity contribution in [3.8, 4) is 0 Å². The van der Waals surface area contributed by atoms with Gasteiger partial charge in [-0.1, -0.05) is 0 Å². The molecule has 0 fully saturated rings. The molecular formula is C7H14BrN3. The highest BCUT2D eigenvalue weighted by atomic mass is 79.9. The van der Waals surface area contributed by atoms with E-state index in [0.29, 0.717) is 6.04 Å². The maximum Gasteiger partial charge on any atom is 0.176 e. The molecule has 0 saturated heterocycles. The molecule has 64 valence electrons. The molecule has 0 aromatic carbocycles. The van der Waals surface area contributed by atoms with Crippen molar-refractivity contribution in [1.29, 1.82) is 0 Å². The molecule has 0 saturated carbocycles. The predicted octanol–water partition coefficient (Wildman–Crippen LogP) is 1.65. The predicted molar refractivity (Wildman–Crippen MR) is 50.6 cm³/mol. The molecule has 4 heteroatoms. The Morgan fingerprint density at radius 2 is 2.27 bits per heavy atom. The van der Waals surface area contributed by atoms with Gasteiger partial charge in [0.05, 0.1) is 0 Å². The largest absolute Gasteiger partial charge is 0.331 e. The highest BCUT2D eigenvalue weighted by molar-refractivity contribution is 9.09. The molecule has 0 spiro atoms. The van der Waals surface area contributed by atoms with Crippen molar-refractivity contribution in [3.63, 3.8) is 0 Å². The molecule has 0 bridgehead atoms. The number of halogens is 1. The number of nitrogens with zero attached hydrogens (tertiary/aromatic N) is 3. The van der Waals surface area contributed by atoms with Crippen LogP contribution in [-0.2, 0) is 0 Å². The Kier molecular flexibility index (Phi) is 2.76. The van der Waals surface area contributed by atoms with Gasteiger partial charge in [0.1, 0.15) is 6.34 Å². The molecule has 0 aliphatic carbocycles. The van der Waals surface area contributed by atoms with Crippen molar-refractivity contribution >= 4 is 22.3 Å². The Labute approximate surface area is 76.2 Å². The van der Waals surface area contributed by atoms with Crippen molar-refractivity contribution in [2.75, 3.05) is 6.54 Å². The van der Waals surface area contributed by atoms with Crippen LogP contribution in [0.1, 0.15) is 20.8 Å².